The number of nitrogens with zero attached hydrogens (tertiary/aromatic N) is 2. The Morgan fingerprint density at radius 3 is 3.00 bits per heavy atom. The molecule has 1 heterocycles. The predicted molar refractivity (Wildman–Crippen MR) is 56.1 cm³/mol. The minimum Gasteiger partial charge on any atom is -0.493 e. The van der Waals surface area contributed by atoms with Crippen molar-refractivity contribution in [2.24, 2.45) is 0 Å². The van der Waals surface area contributed by atoms with E-state index in [4.69, 9.17) is 4.74 Å². The standard InChI is InChI=1S/C11H16N2O2/c1-3-13-11(10(15-2)7-12-13)8-4-5-9(14)6-8/h7-8H,3-6H2,1-2H3. The van der Waals surface area contributed by atoms with Gasteiger partial charge in [-0.25, -0.2) is 0 Å². The lowest BCUT2D eigenvalue weighted by Gasteiger charge is -2.12. The summed E-state index contributed by atoms with van der Waals surface area (Å²) in [6.45, 7) is 2.87. The van der Waals surface area contributed by atoms with E-state index in [-0.39, 0.29) is 0 Å². The van der Waals surface area contributed by atoms with Gasteiger partial charge in [-0.05, 0) is 13.3 Å². The summed E-state index contributed by atoms with van der Waals surface area (Å²) in [6.07, 6.45) is 4.01. The van der Waals surface area contributed by atoms with Crippen LogP contribution in [0.1, 0.15) is 37.8 Å². The Bertz CT molecular complexity index is 349. The molecule has 1 fully saturated rings. The van der Waals surface area contributed by atoms with Gasteiger partial charge in [-0.15, -0.1) is 0 Å². The number of hydrogen-bond donors (Lipinski definition) is 0. The van der Waals surface area contributed by atoms with Gasteiger partial charge in [0.15, 0.2) is 5.75 Å². The highest BCUT2D eigenvalue weighted by Gasteiger charge is 2.29. The fourth-order valence-corrected chi connectivity index (χ4v) is 2.25. The first-order valence-electron chi connectivity index (χ1n) is 5.37. The largest absolute Gasteiger partial charge is 0.493 e. The monoisotopic (exact) mass is 208 g/mol. The van der Waals surface area contributed by atoms with E-state index in [0.717, 1.165) is 24.4 Å². The van der Waals surface area contributed by atoms with Crippen LogP contribution in [0.25, 0.3) is 0 Å². The van der Waals surface area contributed by atoms with E-state index in [1.54, 1.807) is 13.3 Å². The van der Waals surface area contributed by atoms with E-state index in [2.05, 4.69) is 5.10 Å². The first-order valence-corrected chi connectivity index (χ1v) is 5.37. The van der Waals surface area contributed by atoms with Crippen LogP contribution in [-0.2, 0) is 11.3 Å². The molecule has 1 aliphatic carbocycles. The number of aryl methyl sites for hydroxylation is 1. The molecule has 1 unspecified atom stereocenters. The van der Waals surface area contributed by atoms with Gasteiger partial charge in [0, 0.05) is 25.3 Å². The first kappa shape index (κ1) is 10.2. The van der Waals surface area contributed by atoms with Crippen LogP contribution in [0.3, 0.4) is 0 Å². The summed E-state index contributed by atoms with van der Waals surface area (Å²) in [4.78, 5) is 11.3. The van der Waals surface area contributed by atoms with Gasteiger partial charge in [0.2, 0.25) is 0 Å². The van der Waals surface area contributed by atoms with Crippen molar-refractivity contribution in [2.45, 2.75) is 38.6 Å². The zero-order valence-corrected chi connectivity index (χ0v) is 9.19. The molecule has 1 saturated carbocycles. The lowest BCUT2D eigenvalue weighted by atomic mass is 10.0. The molecule has 0 spiro atoms. The smallest absolute Gasteiger partial charge is 0.160 e. The van der Waals surface area contributed by atoms with E-state index in [1.165, 1.54) is 0 Å². The summed E-state index contributed by atoms with van der Waals surface area (Å²) in [6, 6.07) is 0. The van der Waals surface area contributed by atoms with Crippen molar-refractivity contribution >= 4 is 5.78 Å². The maximum atomic E-state index is 11.3. The molecule has 0 amide bonds. The van der Waals surface area contributed by atoms with Crippen molar-refractivity contribution in [3.05, 3.63) is 11.9 Å². The third-order valence-corrected chi connectivity index (χ3v) is 3.00. The average Bonchev–Trinajstić information content (AvgIpc) is 2.82. The van der Waals surface area contributed by atoms with Crippen LogP contribution in [0.4, 0.5) is 0 Å². The van der Waals surface area contributed by atoms with Gasteiger partial charge in [-0.3, -0.25) is 9.48 Å². The van der Waals surface area contributed by atoms with E-state index < -0.39 is 0 Å². The van der Waals surface area contributed by atoms with Crippen molar-refractivity contribution < 1.29 is 9.53 Å². The van der Waals surface area contributed by atoms with Crippen molar-refractivity contribution in [1.82, 2.24) is 9.78 Å². The summed E-state index contributed by atoms with van der Waals surface area (Å²) in [5.74, 6) is 1.47. The van der Waals surface area contributed by atoms with Crippen LogP contribution in [0.15, 0.2) is 6.20 Å². The van der Waals surface area contributed by atoms with Gasteiger partial charge in [0.05, 0.1) is 19.0 Å². The molecule has 1 aliphatic rings. The van der Waals surface area contributed by atoms with Gasteiger partial charge >= 0.3 is 0 Å². The predicted octanol–water partition coefficient (Wildman–Crippen LogP) is 1.75. The maximum absolute atomic E-state index is 11.3. The number of ketones is 1. The zero-order chi connectivity index (χ0) is 10.8. The van der Waals surface area contributed by atoms with Gasteiger partial charge in [0.1, 0.15) is 5.78 Å². The fourth-order valence-electron chi connectivity index (χ4n) is 2.25. The van der Waals surface area contributed by atoms with Crippen molar-refractivity contribution in [1.29, 1.82) is 0 Å². The lowest BCUT2D eigenvalue weighted by Crippen LogP contribution is -2.07. The average molecular weight is 208 g/mol. The molecule has 0 bridgehead atoms. The van der Waals surface area contributed by atoms with Gasteiger partial charge in [0.25, 0.3) is 0 Å². The van der Waals surface area contributed by atoms with Crippen LogP contribution < -0.4 is 4.74 Å². The molecule has 1 atom stereocenters. The Kier molecular flexibility index (Phi) is 2.75. The van der Waals surface area contributed by atoms with Crippen LogP contribution in [-0.4, -0.2) is 22.7 Å². The Morgan fingerprint density at radius 2 is 2.47 bits per heavy atom. The van der Waals surface area contributed by atoms with Gasteiger partial charge < -0.3 is 4.74 Å². The SMILES string of the molecule is CCn1ncc(OC)c1C1CCC(=O)C1. The molecule has 4 nitrogen and oxygen atoms in total. The summed E-state index contributed by atoms with van der Waals surface area (Å²) < 4.78 is 7.21. The van der Waals surface area contributed by atoms with Crippen molar-refractivity contribution in [2.75, 3.05) is 7.11 Å². The summed E-state index contributed by atoms with van der Waals surface area (Å²) in [5, 5.41) is 4.26. The van der Waals surface area contributed by atoms with E-state index in [9.17, 15) is 4.79 Å². The normalized spacial score (nSPS) is 20.9. The quantitative estimate of drug-likeness (QED) is 0.760. The first-order chi connectivity index (χ1) is 7.26. The van der Waals surface area contributed by atoms with Gasteiger partial charge in [-0.1, -0.05) is 0 Å². The van der Waals surface area contributed by atoms with Crippen molar-refractivity contribution in [3.63, 3.8) is 0 Å². The summed E-state index contributed by atoms with van der Waals surface area (Å²) in [7, 11) is 1.65. The van der Waals surface area contributed by atoms with Crippen LogP contribution in [0.2, 0.25) is 0 Å². The van der Waals surface area contributed by atoms with E-state index in [1.807, 2.05) is 11.6 Å². The molecule has 1 aromatic heterocycles. The molecule has 0 aliphatic heterocycles. The maximum Gasteiger partial charge on any atom is 0.160 e. The van der Waals surface area contributed by atoms with Crippen LogP contribution in [0, 0.1) is 0 Å². The molecule has 0 radical (unpaired) electrons. The topological polar surface area (TPSA) is 44.1 Å². The Hall–Kier alpha value is -1.32. The van der Waals surface area contributed by atoms with Crippen LogP contribution in [0.5, 0.6) is 5.75 Å². The second-order valence-electron chi connectivity index (χ2n) is 3.89. The molecular formula is C11H16N2O2. The number of methoxy groups -OCH3 is 1. The summed E-state index contributed by atoms with van der Waals surface area (Å²) in [5.41, 5.74) is 1.09. The Morgan fingerprint density at radius 1 is 1.67 bits per heavy atom. The van der Waals surface area contributed by atoms with Crippen molar-refractivity contribution in [3.8, 4) is 5.75 Å². The third kappa shape index (κ3) is 1.76. The minimum absolute atomic E-state index is 0.301. The molecule has 1 aromatic rings. The minimum atomic E-state index is 0.301. The molecule has 15 heavy (non-hydrogen) atoms. The number of rotatable bonds is 3. The molecule has 82 valence electrons. The van der Waals surface area contributed by atoms with E-state index in [0.29, 0.717) is 24.5 Å². The summed E-state index contributed by atoms with van der Waals surface area (Å²) >= 11 is 0. The molecule has 4 heteroatoms. The highest BCUT2D eigenvalue weighted by Crippen LogP contribution is 2.36. The molecular weight excluding hydrogens is 192 g/mol. The second kappa shape index (κ2) is 4.04. The number of carbonyl (C=O) groups is 1. The van der Waals surface area contributed by atoms with E-state index >= 15 is 0 Å². The Balaban J connectivity index is 2.32. The number of aromatic nitrogens is 2. The molecule has 2 rings (SSSR count). The number of Topliss-reactive ketones (excluding diaryl/α,β-unsaturated/α-hetero) is 1. The third-order valence-electron chi connectivity index (χ3n) is 3.00. The fraction of sp³-hybridized carbons (Fsp3) is 0.636. The lowest BCUT2D eigenvalue weighted by molar-refractivity contribution is -0.117. The molecule has 0 N–H and O–H groups in total. The molecule has 0 saturated heterocycles. The highest BCUT2D eigenvalue weighted by molar-refractivity contribution is 5.81. The second-order valence-corrected chi connectivity index (χ2v) is 3.89. The number of hydrogen-bond acceptors (Lipinski definition) is 3. The van der Waals surface area contributed by atoms with Gasteiger partial charge in [-0.2, -0.15) is 5.10 Å². The Labute approximate surface area is 89.2 Å². The molecule has 0 aromatic carbocycles. The number of carbonyl (C=O) groups excluding carboxylic acids is 1. The zero-order valence-electron chi connectivity index (χ0n) is 9.19. The highest BCUT2D eigenvalue weighted by atomic mass is 16.5. The number of ether oxygens (including phenoxy) is 1. The van der Waals surface area contributed by atoms with Crippen LogP contribution >= 0.6 is 0 Å².